The number of hydrogen-bond acceptors (Lipinski definition) is 5. The summed E-state index contributed by atoms with van der Waals surface area (Å²) < 4.78 is 19.1. The number of furan rings is 1. The fourth-order valence-corrected chi connectivity index (χ4v) is 3.95. The summed E-state index contributed by atoms with van der Waals surface area (Å²) in [5.74, 6) is 1.78. The average molecular weight is 396 g/mol. The van der Waals surface area contributed by atoms with Gasteiger partial charge in [-0.15, -0.1) is 0 Å². The molecule has 1 amide bonds. The molecule has 2 aromatic heterocycles. The Labute approximate surface area is 169 Å². The van der Waals surface area contributed by atoms with E-state index < -0.39 is 0 Å². The minimum atomic E-state index is -0.307. The van der Waals surface area contributed by atoms with Crippen LogP contribution in [-0.4, -0.2) is 29.0 Å². The van der Waals surface area contributed by atoms with Crippen LogP contribution in [-0.2, 0) is 4.79 Å². The molecule has 4 rings (SSSR count). The van der Waals surface area contributed by atoms with Crippen molar-refractivity contribution in [3.05, 3.63) is 46.7 Å². The predicted molar refractivity (Wildman–Crippen MR) is 111 cm³/mol. The van der Waals surface area contributed by atoms with Gasteiger partial charge in [-0.25, -0.2) is 9.37 Å². The molecule has 6 nitrogen and oxygen atoms in total. The van der Waals surface area contributed by atoms with Crippen molar-refractivity contribution in [3.63, 3.8) is 0 Å². The van der Waals surface area contributed by atoms with Crippen LogP contribution < -0.4 is 10.2 Å². The molecule has 0 radical (unpaired) electrons. The zero-order chi connectivity index (χ0) is 20.7. The molecule has 7 heteroatoms. The first-order valence-corrected chi connectivity index (χ1v) is 9.90. The van der Waals surface area contributed by atoms with Gasteiger partial charge in [-0.1, -0.05) is 0 Å². The van der Waals surface area contributed by atoms with E-state index >= 15 is 0 Å². The number of benzene rings is 1. The molecule has 3 aromatic rings. The van der Waals surface area contributed by atoms with Crippen molar-refractivity contribution in [1.82, 2.24) is 9.97 Å². The lowest BCUT2D eigenvalue weighted by molar-refractivity contribution is -0.120. The molecule has 0 aliphatic carbocycles. The normalized spacial score (nSPS) is 17.0. The predicted octanol–water partition coefficient (Wildman–Crippen LogP) is 4.45. The van der Waals surface area contributed by atoms with Crippen molar-refractivity contribution in [2.45, 2.75) is 40.5 Å². The molecule has 3 heterocycles. The SMILES string of the molecule is Cc1nc(N2CCC[C@H](C(=O)Nc3ccc(F)cc3C)C2)c2c(C)c(C)oc2n1. The first-order chi connectivity index (χ1) is 13.8. The van der Waals surface area contributed by atoms with E-state index in [1.54, 1.807) is 13.0 Å². The van der Waals surface area contributed by atoms with Gasteiger partial charge in [0.05, 0.1) is 11.3 Å². The zero-order valence-corrected chi connectivity index (χ0v) is 17.2. The summed E-state index contributed by atoms with van der Waals surface area (Å²) in [5, 5.41) is 3.88. The van der Waals surface area contributed by atoms with E-state index in [4.69, 9.17) is 4.42 Å². The van der Waals surface area contributed by atoms with Crippen LogP contribution in [0, 0.1) is 39.4 Å². The standard InChI is InChI=1S/C22H25FN4O2/c1-12-10-17(23)7-8-18(12)26-21(28)16-6-5-9-27(11-16)20-19-13(2)14(3)29-22(19)25-15(4)24-20/h7-8,10,16H,5-6,9,11H2,1-4H3,(H,26,28)/t16-/m0/s1. The van der Waals surface area contributed by atoms with Gasteiger partial charge >= 0.3 is 0 Å². The van der Waals surface area contributed by atoms with Gasteiger partial charge in [0, 0.05) is 24.3 Å². The van der Waals surface area contributed by atoms with Crippen LogP contribution in [0.1, 0.15) is 35.6 Å². The Morgan fingerprint density at radius 2 is 2.03 bits per heavy atom. The molecular weight excluding hydrogens is 371 g/mol. The Balaban J connectivity index is 1.59. The lowest BCUT2D eigenvalue weighted by Gasteiger charge is -2.33. The van der Waals surface area contributed by atoms with E-state index in [0.717, 1.165) is 41.9 Å². The van der Waals surface area contributed by atoms with E-state index in [9.17, 15) is 9.18 Å². The first kappa shape index (κ1) is 19.4. The molecule has 0 spiro atoms. The van der Waals surface area contributed by atoms with Gasteiger partial charge in [0.15, 0.2) is 0 Å². The van der Waals surface area contributed by atoms with Gasteiger partial charge in [0.2, 0.25) is 11.6 Å². The van der Waals surface area contributed by atoms with Gasteiger partial charge < -0.3 is 14.6 Å². The molecule has 1 atom stereocenters. The molecule has 29 heavy (non-hydrogen) atoms. The molecule has 0 bridgehead atoms. The second kappa shape index (κ2) is 7.46. The summed E-state index contributed by atoms with van der Waals surface area (Å²) in [6.07, 6.45) is 1.69. The van der Waals surface area contributed by atoms with Crippen LogP contribution in [0.25, 0.3) is 11.1 Å². The number of anilines is 2. The topological polar surface area (TPSA) is 71.3 Å². The van der Waals surface area contributed by atoms with Gasteiger partial charge in [-0.3, -0.25) is 4.79 Å². The molecule has 1 aromatic carbocycles. The molecular formula is C22H25FN4O2. The van der Waals surface area contributed by atoms with Crippen LogP contribution in [0.4, 0.5) is 15.9 Å². The van der Waals surface area contributed by atoms with E-state index in [0.29, 0.717) is 29.3 Å². The second-order valence-electron chi connectivity index (χ2n) is 7.79. The third-order valence-corrected chi connectivity index (χ3v) is 5.66. The van der Waals surface area contributed by atoms with Crippen molar-refractivity contribution in [3.8, 4) is 0 Å². The lowest BCUT2D eigenvalue weighted by atomic mass is 9.96. The van der Waals surface area contributed by atoms with Crippen LogP contribution in [0.5, 0.6) is 0 Å². The Kier molecular flexibility index (Phi) is 4.98. The number of carbonyl (C=O) groups excluding carboxylic acids is 1. The van der Waals surface area contributed by atoms with E-state index in [-0.39, 0.29) is 17.6 Å². The lowest BCUT2D eigenvalue weighted by Crippen LogP contribution is -2.41. The summed E-state index contributed by atoms with van der Waals surface area (Å²) in [4.78, 5) is 24.2. The molecule has 1 saturated heterocycles. The number of piperidine rings is 1. The van der Waals surface area contributed by atoms with E-state index in [2.05, 4.69) is 20.2 Å². The largest absolute Gasteiger partial charge is 0.443 e. The highest BCUT2D eigenvalue weighted by Gasteiger charge is 2.29. The molecule has 1 N–H and O–H groups in total. The van der Waals surface area contributed by atoms with Crippen molar-refractivity contribution >= 4 is 28.5 Å². The first-order valence-electron chi connectivity index (χ1n) is 9.90. The Hall–Kier alpha value is -2.96. The molecule has 1 aliphatic heterocycles. The Morgan fingerprint density at radius 1 is 1.24 bits per heavy atom. The number of carbonyl (C=O) groups is 1. The number of amides is 1. The number of halogens is 1. The minimum Gasteiger partial charge on any atom is -0.443 e. The number of hydrogen-bond donors (Lipinski definition) is 1. The Bertz CT molecular complexity index is 1090. The number of aromatic nitrogens is 2. The fraction of sp³-hybridized carbons (Fsp3) is 0.409. The summed E-state index contributed by atoms with van der Waals surface area (Å²) in [6, 6.07) is 4.39. The zero-order valence-electron chi connectivity index (χ0n) is 17.2. The number of aryl methyl sites for hydroxylation is 4. The van der Waals surface area contributed by atoms with Crippen LogP contribution in [0.2, 0.25) is 0 Å². The number of rotatable bonds is 3. The van der Waals surface area contributed by atoms with Gasteiger partial charge in [-0.05, 0) is 64.3 Å². The summed E-state index contributed by atoms with van der Waals surface area (Å²) in [5.41, 5.74) is 2.98. The minimum absolute atomic E-state index is 0.0495. The smallest absolute Gasteiger partial charge is 0.231 e. The highest BCUT2D eigenvalue weighted by Crippen LogP contribution is 2.33. The molecule has 1 fully saturated rings. The average Bonchev–Trinajstić information content (AvgIpc) is 2.97. The quantitative estimate of drug-likeness (QED) is 0.708. The maximum absolute atomic E-state index is 13.3. The Morgan fingerprint density at radius 3 is 2.79 bits per heavy atom. The van der Waals surface area contributed by atoms with E-state index in [1.165, 1.54) is 12.1 Å². The third kappa shape index (κ3) is 3.69. The molecule has 152 valence electrons. The van der Waals surface area contributed by atoms with Crippen molar-refractivity contribution in [2.24, 2.45) is 5.92 Å². The monoisotopic (exact) mass is 396 g/mol. The number of nitrogens with one attached hydrogen (secondary N) is 1. The summed E-state index contributed by atoms with van der Waals surface area (Å²) in [6.45, 7) is 8.97. The highest BCUT2D eigenvalue weighted by atomic mass is 19.1. The van der Waals surface area contributed by atoms with Gasteiger partial charge in [-0.2, -0.15) is 4.98 Å². The summed E-state index contributed by atoms with van der Waals surface area (Å²) >= 11 is 0. The van der Waals surface area contributed by atoms with Gasteiger partial charge in [0.1, 0.15) is 23.2 Å². The molecule has 1 aliphatic rings. The molecule has 0 unspecified atom stereocenters. The van der Waals surface area contributed by atoms with Crippen molar-refractivity contribution in [1.29, 1.82) is 0 Å². The van der Waals surface area contributed by atoms with Crippen LogP contribution in [0.3, 0.4) is 0 Å². The highest BCUT2D eigenvalue weighted by molar-refractivity contribution is 5.94. The van der Waals surface area contributed by atoms with Crippen LogP contribution >= 0.6 is 0 Å². The van der Waals surface area contributed by atoms with Crippen molar-refractivity contribution < 1.29 is 13.6 Å². The summed E-state index contributed by atoms with van der Waals surface area (Å²) in [7, 11) is 0. The maximum atomic E-state index is 13.3. The van der Waals surface area contributed by atoms with Gasteiger partial charge in [0.25, 0.3) is 0 Å². The number of nitrogens with zero attached hydrogens (tertiary/aromatic N) is 3. The molecule has 0 saturated carbocycles. The fourth-order valence-electron chi connectivity index (χ4n) is 3.95. The van der Waals surface area contributed by atoms with Crippen LogP contribution in [0.15, 0.2) is 22.6 Å². The third-order valence-electron chi connectivity index (χ3n) is 5.66. The van der Waals surface area contributed by atoms with E-state index in [1.807, 2.05) is 20.8 Å². The maximum Gasteiger partial charge on any atom is 0.231 e. The second-order valence-corrected chi connectivity index (χ2v) is 7.79. The van der Waals surface area contributed by atoms with Crippen molar-refractivity contribution in [2.75, 3.05) is 23.3 Å². The number of fused-ring (bicyclic) bond motifs is 1.